The van der Waals surface area contributed by atoms with Gasteiger partial charge in [0.2, 0.25) is 0 Å². The summed E-state index contributed by atoms with van der Waals surface area (Å²) in [7, 11) is 0. The van der Waals surface area contributed by atoms with Crippen molar-refractivity contribution in [3.63, 3.8) is 0 Å². The van der Waals surface area contributed by atoms with E-state index in [4.69, 9.17) is 9.47 Å². The minimum atomic E-state index is -0.441. The van der Waals surface area contributed by atoms with Crippen molar-refractivity contribution in [1.82, 2.24) is 0 Å². The zero-order valence-electron chi connectivity index (χ0n) is 8.05. The Morgan fingerprint density at radius 3 is 3.07 bits per heavy atom. The lowest BCUT2D eigenvalue weighted by Crippen LogP contribution is -2.22. The third-order valence-electron chi connectivity index (χ3n) is 2.55. The summed E-state index contributed by atoms with van der Waals surface area (Å²) in [5, 5.41) is 9.63. The summed E-state index contributed by atoms with van der Waals surface area (Å²) in [6, 6.07) is 0. The lowest BCUT2D eigenvalue weighted by atomic mass is 10.1. The Bertz CT molecular complexity index is 261. The van der Waals surface area contributed by atoms with Crippen LogP contribution < -0.4 is 0 Å². The summed E-state index contributed by atoms with van der Waals surface area (Å²) < 4.78 is 10.2. The number of carbonyl (C=O) groups is 1. The number of ether oxygens (including phenoxy) is 2. The van der Waals surface area contributed by atoms with Gasteiger partial charge in [0.25, 0.3) is 0 Å². The normalized spacial score (nSPS) is 42.6. The second-order valence-electron chi connectivity index (χ2n) is 3.82. The summed E-state index contributed by atoms with van der Waals surface area (Å²) in [5.74, 6) is -0.330. The molecule has 1 fully saturated rings. The van der Waals surface area contributed by atoms with E-state index in [0.29, 0.717) is 12.8 Å². The van der Waals surface area contributed by atoms with Gasteiger partial charge in [-0.2, -0.15) is 0 Å². The number of aliphatic hydroxyl groups is 1. The molecule has 2 aliphatic rings. The molecule has 1 N–H and O–H groups in total. The van der Waals surface area contributed by atoms with Gasteiger partial charge in [0.05, 0.1) is 12.2 Å². The molecule has 0 aromatic rings. The van der Waals surface area contributed by atoms with Crippen molar-refractivity contribution < 1.29 is 19.4 Å². The van der Waals surface area contributed by atoms with Crippen molar-refractivity contribution in [2.24, 2.45) is 0 Å². The van der Waals surface area contributed by atoms with E-state index in [-0.39, 0.29) is 24.3 Å². The number of rotatable bonds is 0. The van der Waals surface area contributed by atoms with Crippen LogP contribution in [0.25, 0.3) is 0 Å². The first kappa shape index (κ1) is 9.68. The molecule has 2 heterocycles. The fourth-order valence-corrected chi connectivity index (χ4v) is 1.64. The highest BCUT2D eigenvalue weighted by molar-refractivity contribution is 5.82. The molecule has 4 nitrogen and oxygen atoms in total. The van der Waals surface area contributed by atoms with Crippen LogP contribution in [0.2, 0.25) is 0 Å². The Kier molecular flexibility index (Phi) is 2.56. The first-order valence-electron chi connectivity index (χ1n) is 4.89. The molecule has 0 saturated carbocycles. The van der Waals surface area contributed by atoms with Gasteiger partial charge in [0.15, 0.2) is 0 Å². The van der Waals surface area contributed by atoms with Crippen molar-refractivity contribution in [3.05, 3.63) is 12.2 Å². The second-order valence-corrected chi connectivity index (χ2v) is 3.82. The van der Waals surface area contributed by atoms with Crippen LogP contribution >= 0.6 is 0 Å². The maximum absolute atomic E-state index is 11.1. The highest BCUT2D eigenvalue weighted by Gasteiger charge is 2.42. The molecule has 14 heavy (non-hydrogen) atoms. The molecule has 1 saturated heterocycles. The topological polar surface area (TPSA) is 59.1 Å². The average molecular weight is 198 g/mol. The monoisotopic (exact) mass is 198 g/mol. The Hall–Kier alpha value is -0.870. The van der Waals surface area contributed by atoms with E-state index in [1.807, 2.05) is 6.92 Å². The largest absolute Gasteiger partial charge is 0.460 e. The number of carbonyl (C=O) groups excluding carboxylic acids is 1. The lowest BCUT2D eigenvalue weighted by molar-refractivity contribution is -0.142. The molecule has 2 aliphatic heterocycles. The SMILES string of the molecule is CC1CCC(O)C2OC2C=CC(=O)O1. The highest BCUT2D eigenvalue weighted by atomic mass is 16.6. The fourth-order valence-electron chi connectivity index (χ4n) is 1.64. The predicted molar refractivity (Wildman–Crippen MR) is 48.6 cm³/mol. The molecule has 4 heteroatoms. The zero-order valence-corrected chi connectivity index (χ0v) is 8.05. The van der Waals surface area contributed by atoms with Crippen molar-refractivity contribution in [3.8, 4) is 0 Å². The first-order chi connectivity index (χ1) is 6.66. The number of cyclic esters (lactones) is 1. The molecule has 0 bridgehead atoms. The third kappa shape index (κ3) is 2.13. The summed E-state index contributed by atoms with van der Waals surface area (Å²) in [4.78, 5) is 11.1. The Balaban J connectivity index is 2.02. The summed E-state index contributed by atoms with van der Waals surface area (Å²) >= 11 is 0. The van der Waals surface area contributed by atoms with Gasteiger partial charge in [-0.15, -0.1) is 0 Å². The standard InChI is InChI=1S/C10H14O4/c1-6-2-3-7(11)10-8(14-10)4-5-9(12)13-6/h4-8,10-11H,2-3H2,1H3. The van der Waals surface area contributed by atoms with E-state index in [0.717, 1.165) is 0 Å². The summed E-state index contributed by atoms with van der Waals surface area (Å²) in [5.41, 5.74) is 0. The van der Waals surface area contributed by atoms with E-state index >= 15 is 0 Å². The van der Waals surface area contributed by atoms with E-state index in [1.165, 1.54) is 6.08 Å². The van der Waals surface area contributed by atoms with Crippen molar-refractivity contribution in [2.45, 2.75) is 44.2 Å². The molecule has 0 aromatic heterocycles. The molecule has 4 unspecified atom stereocenters. The summed E-state index contributed by atoms with van der Waals surface area (Å²) in [6.07, 6.45) is 3.50. The van der Waals surface area contributed by atoms with Crippen LogP contribution in [0.4, 0.5) is 0 Å². The first-order valence-corrected chi connectivity index (χ1v) is 4.89. The van der Waals surface area contributed by atoms with Crippen LogP contribution in [0.5, 0.6) is 0 Å². The number of hydrogen-bond acceptors (Lipinski definition) is 4. The van der Waals surface area contributed by atoms with Crippen molar-refractivity contribution in [2.75, 3.05) is 0 Å². The lowest BCUT2D eigenvalue weighted by Gasteiger charge is -2.14. The van der Waals surface area contributed by atoms with Gasteiger partial charge in [0, 0.05) is 6.08 Å². The number of fused-ring (bicyclic) bond motifs is 1. The number of hydrogen-bond donors (Lipinski definition) is 1. The highest BCUT2D eigenvalue weighted by Crippen LogP contribution is 2.29. The van der Waals surface area contributed by atoms with Gasteiger partial charge in [-0.05, 0) is 25.8 Å². The zero-order chi connectivity index (χ0) is 10.1. The number of esters is 1. The molecule has 0 spiro atoms. The Labute approximate surface area is 82.5 Å². The maximum atomic E-state index is 11.1. The quantitative estimate of drug-likeness (QED) is 0.452. The van der Waals surface area contributed by atoms with Gasteiger partial charge in [-0.25, -0.2) is 4.79 Å². The van der Waals surface area contributed by atoms with Gasteiger partial charge in [-0.1, -0.05) is 0 Å². The molecule has 78 valence electrons. The van der Waals surface area contributed by atoms with Gasteiger partial charge in [-0.3, -0.25) is 0 Å². The molecule has 4 atom stereocenters. The molecule has 2 rings (SSSR count). The molecular weight excluding hydrogens is 184 g/mol. The van der Waals surface area contributed by atoms with Crippen LogP contribution in [0.3, 0.4) is 0 Å². The minimum Gasteiger partial charge on any atom is -0.460 e. The molecule has 0 aromatic carbocycles. The maximum Gasteiger partial charge on any atom is 0.330 e. The van der Waals surface area contributed by atoms with Gasteiger partial charge in [0.1, 0.15) is 12.2 Å². The molecular formula is C10H14O4. The summed E-state index contributed by atoms with van der Waals surface area (Å²) in [6.45, 7) is 1.82. The van der Waals surface area contributed by atoms with Crippen molar-refractivity contribution in [1.29, 1.82) is 0 Å². The van der Waals surface area contributed by atoms with E-state index in [1.54, 1.807) is 6.08 Å². The van der Waals surface area contributed by atoms with E-state index in [2.05, 4.69) is 0 Å². The van der Waals surface area contributed by atoms with Gasteiger partial charge < -0.3 is 14.6 Å². The fraction of sp³-hybridized carbons (Fsp3) is 0.700. The molecule has 0 aliphatic carbocycles. The molecule has 0 radical (unpaired) electrons. The smallest absolute Gasteiger partial charge is 0.330 e. The minimum absolute atomic E-state index is 0.106. The van der Waals surface area contributed by atoms with Gasteiger partial charge >= 0.3 is 5.97 Å². The molecule has 0 amide bonds. The van der Waals surface area contributed by atoms with Crippen LogP contribution in [-0.2, 0) is 14.3 Å². The predicted octanol–water partition coefficient (Wildman–Crippen LogP) is 0.396. The van der Waals surface area contributed by atoms with Crippen LogP contribution in [0.15, 0.2) is 12.2 Å². The number of aliphatic hydroxyl groups excluding tert-OH is 1. The average Bonchev–Trinajstić information content (AvgIpc) is 2.89. The van der Waals surface area contributed by atoms with E-state index in [9.17, 15) is 9.90 Å². The van der Waals surface area contributed by atoms with Crippen molar-refractivity contribution >= 4 is 5.97 Å². The Morgan fingerprint density at radius 2 is 2.29 bits per heavy atom. The van der Waals surface area contributed by atoms with Crippen LogP contribution in [0.1, 0.15) is 19.8 Å². The third-order valence-corrected chi connectivity index (χ3v) is 2.55. The van der Waals surface area contributed by atoms with Crippen LogP contribution in [-0.4, -0.2) is 35.5 Å². The van der Waals surface area contributed by atoms with Crippen LogP contribution in [0, 0.1) is 0 Å². The van der Waals surface area contributed by atoms with E-state index < -0.39 is 6.10 Å². The number of epoxide rings is 1. The second kappa shape index (κ2) is 3.71. The Morgan fingerprint density at radius 1 is 1.50 bits per heavy atom.